The molecule has 0 fully saturated rings. The van der Waals surface area contributed by atoms with Gasteiger partial charge in [-0.25, -0.2) is 9.69 Å². The Kier molecular flexibility index (Phi) is 4.44. The number of benzene rings is 2. The quantitative estimate of drug-likeness (QED) is 0.752. The van der Waals surface area contributed by atoms with Crippen LogP contribution in [-0.2, 0) is 0 Å². The molecule has 0 aliphatic rings. The lowest BCUT2D eigenvalue weighted by atomic mass is 10.0. The standard InChI is InChI=1S/C19H20N4O/c1-14-9-7-8-12-16(14)18-17(19(24)21-22(2)3)13-23(20-18)15-10-5-4-6-11-15/h4-13H,1-3H3,(H,21,24). The fourth-order valence-electron chi connectivity index (χ4n) is 2.55. The molecule has 1 aromatic heterocycles. The summed E-state index contributed by atoms with van der Waals surface area (Å²) in [6.07, 6.45) is 1.77. The summed E-state index contributed by atoms with van der Waals surface area (Å²) in [7, 11) is 3.57. The molecule has 3 aromatic rings. The number of hydrogen-bond donors (Lipinski definition) is 1. The van der Waals surface area contributed by atoms with Gasteiger partial charge < -0.3 is 0 Å². The van der Waals surface area contributed by atoms with Crippen LogP contribution in [0.5, 0.6) is 0 Å². The summed E-state index contributed by atoms with van der Waals surface area (Å²) in [5, 5.41) is 6.31. The fraction of sp³-hybridized carbons (Fsp3) is 0.158. The monoisotopic (exact) mass is 320 g/mol. The molecule has 1 amide bonds. The Morgan fingerprint density at radius 3 is 2.38 bits per heavy atom. The van der Waals surface area contributed by atoms with Crippen LogP contribution in [0.3, 0.4) is 0 Å². The number of para-hydroxylation sites is 1. The molecule has 0 atom stereocenters. The second kappa shape index (κ2) is 6.68. The molecule has 2 aromatic carbocycles. The van der Waals surface area contributed by atoms with E-state index in [4.69, 9.17) is 0 Å². The predicted molar refractivity (Wildman–Crippen MR) is 94.9 cm³/mol. The average molecular weight is 320 g/mol. The Morgan fingerprint density at radius 1 is 1.04 bits per heavy atom. The number of nitrogens with zero attached hydrogens (tertiary/aromatic N) is 3. The first-order valence-corrected chi connectivity index (χ1v) is 7.75. The van der Waals surface area contributed by atoms with E-state index in [0.29, 0.717) is 11.3 Å². The van der Waals surface area contributed by atoms with E-state index in [1.807, 2.05) is 61.5 Å². The zero-order valence-electron chi connectivity index (χ0n) is 14.0. The van der Waals surface area contributed by atoms with Gasteiger partial charge in [-0.05, 0) is 24.6 Å². The number of aryl methyl sites for hydroxylation is 1. The second-order valence-electron chi connectivity index (χ2n) is 5.82. The number of hydrazine groups is 1. The minimum Gasteiger partial charge on any atom is -0.285 e. The van der Waals surface area contributed by atoms with Crippen LogP contribution in [0.1, 0.15) is 15.9 Å². The minimum absolute atomic E-state index is 0.180. The van der Waals surface area contributed by atoms with Gasteiger partial charge in [0.2, 0.25) is 0 Å². The number of hydrogen-bond acceptors (Lipinski definition) is 3. The highest BCUT2D eigenvalue weighted by Crippen LogP contribution is 2.26. The minimum atomic E-state index is -0.180. The van der Waals surface area contributed by atoms with E-state index in [2.05, 4.69) is 10.5 Å². The normalized spacial score (nSPS) is 10.8. The third-order valence-electron chi connectivity index (χ3n) is 3.70. The molecule has 0 bridgehead atoms. The van der Waals surface area contributed by atoms with Crippen molar-refractivity contribution in [2.45, 2.75) is 6.92 Å². The van der Waals surface area contributed by atoms with Crippen LogP contribution in [-0.4, -0.2) is 34.8 Å². The van der Waals surface area contributed by atoms with Crippen molar-refractivity contribution >= 4 is 5.91 Å². The first-order chi connectivity index (χ1) is 11.6. The van der Waals surface area contributed by atoms with Crippen LogP contribution < -0.4 is 5.43 Å². The average Bonchev–Trinajstić information content (AvgIpc) is 3.01. The van der Waals surface area contributed by atoms with Crippen LogP contribution in [0.25, 0.3) is 16.9 Å². The lowest BCUT2D eigenvalue weighted by Gasteiger charge is -2.12. The zero-order chi connectivity index (χ0) is 17.1. The smallest absolute Gasteiger partial charge is 0.269 e. The van der Waals surface area contributed by atoms with Crippen molar-refractivity contribution in [1.82, 2.24) is 20.2 Å². The topological polar surface area (TPSA) is 50.2 Å². The Morgan fingerprint density at radius 2 is 1.71 bits per heavy atom. The van der Waals surface area contributed by atoms with Crippen LogP contribution in [0.15, 0.2) is 60.8 Å². The van der Waals surface area contributed by atoms with Gasteiger partial charge in [0.05, 0.1) is 11.3 Å². The first kappa shape index (κ1) is 16.0. The Labute approximate surface area is 141 Å². The van der Waals surface area contributed by atoms with Crippen molar-refractivity contribution in [2.24, 2.45) is 0 Å². The van der Waals surface area contributed by atoms with Crippen LogP contribution >= 0.6 is 0 Å². The van der Waals surface area contributed by atoms with Crippen molar-refractivity contribution in [1.29, 1.82) is 0 Å². The summed E-state index contributed by atoms with van der Waals surface area (Å²) in [6.45, 7) is 2.02. The van der Waals surface area contributed by atoms with Crippen LogP contribution in [0.2, 0.25) is 0 Å². The molecule has 3 rings (SSSR count). The molecule has 0 saturated heterocycles. The van der Waals surface area contributed by atoms with Gasteiger partial charge in [-0.3, -0.25) is 10.2 Å². The van der Waals surface area contributed by atoms with Gasteiger partial charge >= 0.3 is 0 Å². The Hall–Kier alpha value is -2.92. The molecule has 0 spiro atoms. The molecule has 122 valence electrons. The Balaban J connectivity index is 2.14. The number of aromatic nitrogens is 2. The van der Waals surface area contributed by atoms with E-state index in [1.165, 1.54) is 0 Å². The van der Waals surface area contributed by atoms with Gasteiger partial charge in [-0.2, -0.15) is 5.10 Å². The lowest BCUT2D eigenvalue weighted by Crippen LogP contribution is -2.36. The maximum atomic E-state index is 12.6. The van der Waals surface area contributed by atoms with Crippen molar-refractivity contribution in [3.05, 3.63) is 71.9 Å². The molecular weight excluding hydrogens is 300 g/mol. The summed E-state index contributed by atoms with van der Waals surface area (Å²) >= 11 is 0. The van der Waals surface area contributed by atoms with Crippen molar-refractivity contribution in [3.63, 3.8) is 0 Å². The lowest BCUT2D eigenvalue weighted by molar-refractivity contribution is 0.0857. The molecule has 0 unspecified atom stereocenters. The molecule has 5 heteroatoms. The highest BCUT2D eigenvalue weighted by Gasteiger charge is 2.20. The number of nitrogens with one attached hydrogen (secondary N) is 1. The highest BCUT2D eigenvalue weighted by atomic mass is 16.2. The van der Waals surface area contributed by atoms with Gasteiger partial charge in [0.15, 0.2) is 0 Å². The molecule has 0 saturated carbocycles. The van der Waals surface area contributed by atoms with Gasteiger partial charge in [0.25, 0.3) is 5.91 Å². The first-order valence-electron chi connectivity index (χ1n) is 7.75. The maximum absolute atomic E-state index is 12.6. The number of carbonyl (C=O) groups excluding carboxylic acids is 1. The molecular formula is C19H20N4O. The van der Waals surface area contributed by atoms with Gasteiger partial charge in [0.1, 0.15) is 5.69 Å². The molecule has 1 N–H and O–H groups in total. The molecule has 5 nitrogen and oxygen atoms in total. The van der Waals surface area contributed by atoms with Crippen LogP contribution in [0.4, 0.5) is 0 Å². The number of amides is 1. The van der Waals surface area contributed by atoms with Crippen molar-refractivity contribution in [3.8, 4) is 16.9 Å². The molecule has 0 aliphatic heterocycles. The summed E-state index contributed by atoms with van der Waals surface area (Å²) in [4.78, 5) is 12.6. The van der Waals surface area contributed by atoms with E-state index >= 15 is 0 Å². The molecule has 1 heterocycles. The van der Waals surface area contributed by atoms with Crippen molar-refractivity contribution < 1.29 is 4.79 Å². The SMILES string of the molecule is Cc1ccccc1-c1nn(-c2ccccc2)cc1C(=O)NN(C)C. The molecule has 24 heavy (non-hydrogen) atoms. The predicted octanol–water partition coefficient (Wildman–Crippen LogP) is 3.05. The summed E-state index contributed by atoms with van der Waals surface area (Å²) < 4.78 is 1.74. The van der Waals surface area contributed by atoms with Gasteiger partial charge in [-0.1, -0.05) is 42.5 Å². The van der Waals surface area contributed by atoms with E-state index in [-0.39, 0.29) is 5.91 Å². The third kappa shape index (κ3) is 3.21. The highest BCUT2D eigenvalue weighted by molar-refractivity contribution is 6.00. The molecule has 0 aliphatic carbocycles. The number of carbonyl (C=O) groups is 1. The summed E-state index contributed by atoms with van der Waals surface area (Å²) in [5.41, 5.74) is 6.96. The third-order valence-corrected chi connectivity index (χ3v) is 3.70. The summed E-state index contributed by atoms with van der Waals surface area (Å²) in [5.74, 6) is -0.180. The molecule has 0 radical (unpaired) electrons. The van der Waals surface area contributed by atoms with Gasteiger partial charge in [0, 0.05) is 25.9 Å². The fourth-order valence-corrected chi connectivity index (χ4v) is 2.55. The second-order valence-corrected chi connectivity index (χ2v) is 5.82. The Bertz CT molecular complexity index is 853. The van der Waals surface area contributed by atoms with E-state index in [1.54, 1.807) is 30.0 Å². The van der Waals surface area contributed by atoms with E-state index in [0.717, 1.165) is 16.8 Å². The van der Waals surface area contributed by atoms with E-state index in [9.17, 15) is 4.79 Å². The van der Waals surface area contributed by atoms with Crippen molar-refractivity contribution in [2.75, 3.05) is 14.1 Å². The summed E-state index contributed by atoms with van der Waals surface area (Å²) in [6, 6.07) is 17.7. The van der Waals surface area contributed by atoms with Gasteiger partial charge in [-0.15, -0.1) is 0 Å². The number of rotatable bonds is 4. The zero-order valence-corrected chi connectivity index (χ0v) is 14.0. The maximum Gasteiger partial charge on any atom is 0.269 e. The van der Waals surface area contributed by atoms with Crippen LogP contribution in [0, 0.1) is 6.92 Å². The van der Waals surface area contributed by atoms with E-state index < -0.39 is 0 Å². The largest absolute Gasteiger partial charge is 0.285 e.